The number of benzene rings is 6. The Morgan fingerprint density at radius 3 is 2.31 bits per heavy atom. The summed E-state index contributed by atoms with van der Waals surface area (Å²) in [5.41, 5.74) is 12.6. The second kappa shape index (κ2) is 12.1. The van der Waals surface area contributed by atoms with Crippen molar-refractivity contribution in [2.75, 3.05) is 4.90 Å². The van der Waals surface area contributed by atoms with Gasteiger partial charge in [-0.1, -0.05) is 170 Å². The molecule has 0 saturated carbocycles. The summed E-state index contributed by atoms with van der Waals surface area (Å²) < 4.78 is 0. The third kappa shape index (κ3) is 4.66. The molecule has 1 N–H and O–H groups in total. The molecule has 0 spiro atoms. The predicted octanol–water partition coefficient (Wildman–Crippen LogP) is 12.7. The Labute approximate surface area is 317 Å². The maximum absolute atomic E-state index is 4.00. The summed E-state index contributed by atoms with van der Waals surface area (Å²) in [6.45, 7) is 2.44. The zero-order chi connectivity index (χ0) is 35.8. The van der Waals surface area contributed by atoms with Gasteiger partial charge < -0.3 is 10.2 Å². The predicted molar refractivity (Wildman–Crippen MR) is 228 cm³/mol. The van der Waals surface area contributed by atoms with Gasteiger partial charge in [0.1, 0.15) is 0 Å². The molecule has 0 fully saturated rings. The highest BCUT2D eigenvalue weighted by Gasteiger charge is 2.50. The Kier molecular flexibility index (Phi) is 6.97. The highest BCUT2D eigenvalue weighted by Crippen LogP contribution is 2.61. The monoisotopic (exact) mass is 692 g/mol. The molecule has 11 rings (SSSR count). The molecule has 3 aliphatic carbocycles. The third-order valence-electron chi connectivity index (χ3n) is 12.4. The van der Waals surface area contributed by atoms with Gasteiger partial charge in [-0.3, -0.25) is 0 Å². The number of anilines is 2. The van der Waals surface area contributed by atoms with Crippen LogP contribution in [-0.4, -0.2) is 5.54 Å². The first kappa shape index (κ1) is 31.2. The Balaban J connectivity index is 1.09. The number of nitrogens with one attached hydrogen (secondary N) is 1. The zero-order valence-electron chi connectivity index (χ0n) is 30.2. The number of allylic oxidation sites excluding steroid dienone is 9. The molecule has 2 nitrogen and oxygen atoms in total. The number of fused-ring (bicyclic) bond motifs is 11. The van der Waals surface area contributed by atoms with Gasteiger partial charge in [-0.2, -0.15) is 0 Å². The van der Waals surface area contributed by atoms with Gasteiger partial charge in [0, 0.05) is 40.1 Å². The van der Waals surface area contributed by atoms with E-state index in [0.717, 1.165) is 5.70 Å². The number of nitrogens with zero attached hydrogens (tertiary/aromatic N) is 1. The average molecular weight is 693 g/mol. The smallest absolute Gasteiger partial charge is 0.0712 e. The molecular weight excluding hydrogens is 653 g/mol. The fraction of sp³-hybridized carbons (Fsp3) is 0.115. The van der Waals surface area contributed by atoms with Crippen molar-refractivity contribution in [1.82, 2.24) is 5.32 Å². The van der Waals surface area contributed by atoms with Crippen LogP contribution >= 0.6 is 0 Å². The molecule has 0 saturated heterocycles. The average Bonchev–Trinajstić information content (AvgIpc) is 3.52. The first-order chi connectivity index (χ1) is 26.7. The fourth-order valence-corrected chi connectivity index (χ4v) is 9.96. The standard InChI is InChI=1S/C52H40N2/c1-52-30-12-11-27-46(52)50-49-41-23-8-6-18-36(41)28-29-44(49)42-24-9-10-25-45(42)51(50)54(52)39-21-13-20-37(31-39)47-32-38(34-15-3-2-4-16-34)33-48(53-47)43-26-14-19-35-17-5-7-22-40(35)43/h2-33,36,41,46-47,53H,1H3. The van der Waals surface area contributed by atoms with Gasteiger partial charge in [0.25, 0.3) is 0 Å². The second-order valence-corrected chi connectivity index (χ2v) is 15.4. The SMILES string of the molecule is CC12C=CC=CC1c1c3c(c4ccccc4c1N2c1cccc(C2C=C(c4ccccc4)C=C(c4cccc5ccccc45)N2)c1)C=CC1C=CC=CC31. The van der Waals surface area contributed by atoms with Crippen LogP contribution in [0.25, 0.3) is 38.9 Å². The van der Waals surface area contributed by atoms with Crippen LogP contribution in [0.2, 0.25) is 0 Å². The van der Waals surface area contributed by atoms with Crippen molar-refractivity contribution in [3.63, 3.8) is 0 Å². The minimum atomic E-state index is -0.280. The maximum Gasteiger partial charge on any atom is 0.0712 e. The molecule has 2 heterocycles. The molecule has 6 aromatic rings. The summed E-state index contributed by atoms with van der Waals surface area (Å²) in [5, 5.41) is 9.14. The largest absolute Gasteiger partial charge is 0.374 e. The number of hydrogen-bond acceptors (Lipinski definition) is 2. The highest BCUT2D eigenvalue weighted by molar-refractivity contribution is 6.07. The van der Waals surface area contributed by atoms with E-state index >= 15 is 0 Å². The molecule has 6 aromatic carbocycles. The Hall–Kier alpha value is -6.38. The third-order valence-corrected chi connectivity index (χ3v) is 12.4. The van der Waals surface area contributed by atoms with Crippen molar-refractivity contribution in [3.8, 4) is 0 Å². The van der Waals surface area contributed by atoms with Crippen LogP contribution in [-0.2, 0) is 0 Å². The van der Waals surface area contributed by atoms with Crippen molar-refractivity contribution in [1.29, 1.82) is 0 Å². The van der Waals surface area contributed by atoms with Gasteiger partial charge >= 0.3 is 0 Å². The lowest BCUT2D eigenvalue weighted by atomic mass is 9.70. The Bertz CT molecular complexity index is 2730. The van der Waals surface area contributed by atoms with Crippen LogP contribution in [0.1, 0.15) is 58.2 Å². The molecule has 5 unspecified atom stereocenters. The minimum absolute atomic E-state index is 0.0306. The topological polar surface area (TPSA) is 15.3 Å². The molecule has 0 aromatic heterocycles. The van der Waals surface area contributed by atoms with E-state index in [1.54, 1.807) is 0 Å². The Morgan fingerprint density at radius 2 is 1.41 bits per heavy atom. The molecule has 0 amide bonds. The van der Waals surface area contributed by atoms with Crippen LogP contribution in [0.4, 0.5) is 11.4 Å². The maximum atomic E-state index is 4.00. The van der Waals surface area contributed by atoms with Gasteiger partial charge in [-0.05, 0) is 80.8 Å². The first-order valence-electron chi connectivity index (χ1n) is 19.3. The normalized spacial score (nSPS) is 24.4. The molecule has 2 heteroatoms. The molecule has 54 heavy (non-hydrogen) atoms. The van der Waals surface area contributed by atoms with E-state index in [9.17, 15) is 0 Å². The van der Waals surface area contributed by atoms with Crippen molar-refractivity contribution >= 4 is 50.3 Å². The number of rotatable bonds is 4. The molecule has 258 valence electrons. The van der Waals surface area contributed by atoms with E-state index in [-0.39, 0.29) is 17.5 Å². The number of hydrogen-bond donors (Lipinski definition) is 1. The van der Waals surface area contributed by atoms with Crippen molar-refractivity contribution in [2.45, 2.75) is 30.3 Å². The van der Waals surface area contributed by atoms with Crippen molar-refractivity contribution in [3.05, 3.63) is 222 Å². The van der Waals surface area contributed by atoms with Crippen LogP contribution in [0.15, 0.2) is 188 Å². The molecule has 0 radical (unpaired) electrons. The summed E-state index contributed by atoms with van der Waals surface area (Å²) in [7, 11) is 0. The van der Waals surface area contributed by atoms with E-state index in [1.165, 1.54) is 71.9 Å². The van der Waals surface area contributed by atoms with Crippen molar-refractivity contribution < 1.29 is 0 Å². The van der Waals surface area contributed by atoms with Crippen LogP contribution in [0, 0.1) is 5.92 Å². The minimum Gasteiger partial charge on any atom is -0.374 e. The van der Waals surface area contributed by atoms with Gasteiger partial charge in [-0.15, -0.1) is 0 Å². The first-order valence-corrected chi connectivity index (χ1v) is 19.3. The lowest BCUT2D eigenvalue weighted by molar-refractivity contribution is 0.537. The van der Waals surface area contributed by atoms with E-state index in [4.69, 9.17) is 0 Å². The van der Waals surface area contributed by atoms with Gasteiger partial charge in [-0.25, -0.2) is 0 Å². The van der Waals surface area contributed by atoms with Gasteiger partial charge in [0.15, 0.2) is 0 Å². The summed E-state index contributed by atoms with van der Waals surface area (Å²) in [4.78, 5) is 2.67. The molecule has 0 bridgehead atoms. The molecular formula is C52H40N2. The molecule has 5 aliphatic rings. The lowest BCUT2D eigenvalue weighted by Gasteiger charge is -2.40. The lowest BCUT2D eigenvalue weighted by Crippen LogP contribution is -2.42. The van der Waals surface area contributed by atoms with E-state index in [1.807, 2.05) is 0 Å². The van der Waals surface area contributed by atoms with Crippen molar-refractivity contribution in [2.24, 2.45) is 5.92 Å². The van der Waals surface area contributed by atoms with Crippen LogP contribution in [0.5, 0.6) is 0 Å². The van der Waals surface area contributed by atoms with E-state index < -0.39 is 0 Å². The van der Waals surface area contributed by atoms with Crippen LogP contribution in [0.3, 0.4) is 0 Å². The van der Waals surface area contributed by atoms with Gasteiger partial charge in [0.05, 0.1) is 17.3 Å². The summed E-state index contributed by atoms with van der Waals surface area (Å²) >= 11 is 0. The summed E-state index contributed by atoms with van der Waals surface area (Å²) in [6.07, 6.45) is 28.2. The zero-order valence-corrected chi connectivity index (χ0v) is 30.2. The quantitative estimate of drug-likeness (QED) is 0.198. The van der Waals surface area contributed by atoms with Crippen LogP contribution < -0.4 is 10.2 Å². The van der Waals surface area contributed by atoms with E-state index in [2.05, 4.69) is 211 Å². The molecule has 2 aliphatic heterocycles. The molecule has 5 atom stereocenters. The summed E-state index contributed by atoms with van der Waals surface area (Å²) in [5.74, 6) is 0.895. The highest BCUT2D eigenvalue weighted by atomic mass is 15.2. The fourth-order valence-electron chi connectivity index (χ4n) is 9.96. The van der Waals surface area contributed by atoms with E-state index in [0.29, 0.717) is 11.8 Å². The summed E-state index contributed by atoms with van der Waals surface area (Å²) in [6, 6.07) is 44.5. The Morgan fingerprint density at radius 1 is 0.648 bits per heavy atom. The second-order valence-electron chi connectivity index (χ2n) is 15.4. The number of dihydropyridines is 1. The van der Waals surface area contributed by atoms with Gasteiger partial charge in [0.2, 0.25) is 0 Å².